The largest absolute Gasteiger partial charge is 0.307 e. The van der Waals surface area contributed by atoms with Crippen molar-refractivity contribution in [1.29, 1.82) is 0 Å². The van der Waals surface area contributed by atoms with Crippen molar-refractivity contribution in [3.63, 3.8) is 0 Å². The molecular weight excluding hydrogens is 326 g/mol. The number of hydrogen-bond acceptors (Lipinski definition) is 4. The van der Waals surface area contributed by atoms with Gasteiger partial charge in [-0.3, -0.25) is 9.88 Å². The van der Waals surface area contributed by atoms with E-state index in [0.717, 1.165) is 36.0 Å². The van der Waals surface area contributed by atoms with E-state index in [9.17, 15) is 0 Å². The Morgan fingerprint density at radius 2 is 2.09 bits per heavy atom. The molecule has 2 heterocycles. The van der Waals surface area contributed by atoms with E-state index in [0.29, 0.717) is 0 Å². The highest BCUT2D eigenvalue weighted by atomic mass is 35.5. The van der Waals surface area contributed by atoms with Crippen molar-refractivity contribution < 1.29 is 0 Å². The van der Waals surface area contributed by atoms with Crippen LogP contribution in [0.25, 0.3) is 0 Å². The molecule has 2 atom stereocenters. The molecule has 1 aromatic heterocycles. The molecule has 0 radical (unpaired) electrons. The highest BCUT2D eigenvalue weighted by Gasteiger charge is 2.36. The molecule has 23 heavy (non-hydrogen) atoms. The molecule has 0 amide bonds. The van der Waals surface area contributed by atoms with Gasteiger partial charge in [0.05, 0.1) is 0 Å². The Balaban J connectivity index is 1.69. The van der Waals surface area contributed by atoms with E-state index in [1.165, 1.54) is 5.56 Å². The quantitative estimate of drug-likeness (QED) is 0.918. The average molecular weight is 348 g/mol. The van der Waals surface area contributed by atoms with Gasteiger partial charge in [0.25, 0.3) is 0 Å². The second kappa shape index (κ2) is 7.22. The van der Waals surface area contributed by atoms with Gasteiger partial charge in [0.2, 0.25) is 0 Å². The first-order valence-corrected chi connectivity index (χ1v) is 9.27. The summed E-state index contributed by atoms with van der Waals surface area (Å²) in [6.07, 6.45) is 2.77. The molecule has 122 valence electrons. The fourth-order valence-electron chi connectivity index (χ4n) is 3.00. The molecule has 1 saturated heterocycles. The number of thioether (sulfide) groups is 1. The molecule has 3 rings (SSSR count). The highest BCUT2D eigenvalue weighted by Crippen LogP contribution is 2.36. The van der Waals surface area contributed by atoms with Crippen molar-refractivity contribution >= 4 is 23.4 Å². The molecule has 0 saturated carbocycles. The van der Waals surface area contributed by atoms with Crippen LogP contribution in [-0.4, -0.2) is 34.2 Å². The number of nitrogens with two attached hydrogens (primary N) is 1. The zero-order chi connectivity index (χ0) is 16.3. The topological polar surface area (TPSA) is 42.1 Å². The summed E-state index contributed by atoms with van der Waals surface area (Å²) in [6, 6.07) is 14.3. The zero-order valence-corrected chi connectivity index (χ0v) is 14.9. The second-order valence-corrected chi connectivity index (χ2v) is 7.85. The number of aromatic nitrogens is 1. The Morgan fingerprint density at radius 3 is 2.78 bits per heavy atom. The third kappa shape index (κ3) is 4.07. The summed E-state index contributed by atoms with van der Waals surface area (Å²) in [6.45, 7) is 4.19. The molecule has 1 aromatic carbocycles. The van der Waals surface area contributed by atoms with Crippen molar-refractivity contribution in [2.45, 2.75) is 24.3 Å². The Morgan fingerprint density at radius 1 is 1.30 bits per heavy atom. The van der Waals surface area contributed by atoms with Crippen molar-refractivity contribution in [3.8, 4) is 0 Å². The van der Waals surface area contributed by atoms with Crippen molar-refractivity contribution in [2.75, 3.05) is 18.8 Å². The van der Waals surface area contributed by atoms with E-state index < -0.39 is 0 Å². The van der Waals surface area contributed by atoms with Crippen LogP contribution in [0.15, 0.2) is 48.7 Å². The SMILES string of the molecule is CC1(c2ccc(Cl)cc2)CSC(N)N(CCc2ccccn2)C1. The Labute approximate surface area is 147 Å². The van der Waals surface area contributed by atoms with E-state index in [1.54, 1.807) is 0 Å². The molecule has 0 bridgehead atoms. The average Bonchev–Trinajstić information content (AvgIpc) is 2.57. The standard InChI is InChI=1S/C18H22ClN3S/c1-18(14-5-7-15(19)8-6-14)12-22(17(20)23-13-18)11-9-16-4-2-3-10-21-16/h2-8,10,17H,9,11-13,20H2,1H3. The number of pyridine rings is 1. The monoisotopic (exact) mass is 347 g/mol. The second-order valence-electron chi connectivity index (χ2n) is 6.31. The zero-order valence-electron chi connectivity index (χ0n) is 13.3. The van der Waals surface area contributed by atoms with Crippen molar-refractivity contribution in [2.24, 2.45) is 5.73 Å². The third-order valence-electron chi connectivity index (χ3n) is 4.41. The summed E-state index contributed by atoms with van der Waals surface area (Å²) < 4.78 is 0. The van der Waals surface area contributed by atoms with Crippen LogP contribution in [0.4, 0.5) is 0 Å². The molecule has 2 aromatic rings. The molecule has 2 unspecified atom stereocenters. The van der Waals surface area contributed by atoms with Crippen LogP contribution in [0.3, 0.4) is 0 Å². The van der Waals surface area contributed by atoms with Crippen molar-refractivity contribution in [3.05, 3.63) is 64.9 Å². The normalized spacial score (nSPS) is 25.4. The molecule has 3 nitrogen and oxygen atoms in total. The Bertz CT molecular complexity index is 634. The van der Waals surface area contributed by atoms with Gasteiger partial charge in [-0.25, -0.2) is 0 Å². The maximum absolute atomic E-state index is 6.31. The maximum atomic E-state index is 6.31. The minimum absolute atomic E-state index is 0.0547. The molecule has 1 fully saturated rings. The fourth-order valence-corrected chi connectivity index (χ4v) is 4.31. The highest BCUT2D eigenvalue weighted by molar-refractivity contribution is 7.99. The van der Waals surface area contributed by atoms with Crippen LogP contribution in [0.1, 0.15) is 18.2 Å². The van der Waals surface area contributed by atoms with Gasteiger partial charge in [0.1, 0.15) is 5.50 Å². The molecule has 5 heteroatoms. The molecule has 0 spiro atoms. The van der Waals surface area contributed by atoms with Gasteiger partial charge in [-0.15, -0.1) is 11.8 Å². The van der Waals surface area contributed by atoms with Crippen LogP contribution < -0.4 is 5.73 Å². The minimum atomic E-state index is 0.0547. The van der Waals surface area contributed by atoms with Gasteiger partial charge in [-0.1, -0.05) is 36.7 Å². The first-order chi connectivity index (χ1) is 11.1. The predicted molar refractivity (Wildman–Crippen MR) is 98.8 cm³/mol. The Hall–Kier alpha value is -1.07. The molecule has 2 N–H and O–H groups in total. The third-order valence-corrected chi connectivity index (χ3v) is 6.10. The number of nitrogens with zero attached hydrogens (tertiary/aromatic N) is 2. The summed E-state index contributed by atoms with van der Waals surface area (Å²) >= 11 is 7.84. The summed E-state index contributed by atoms with van der Waals surface area (Å²) in [7, 11) is 0. The van der Waals surface area contributed by atoms with E-state index in [4.69, 9.17) is 17.3 Å². The minimum Gasteiger partial charge on any atom is -0.307 e. The van der Waals surface area contributed by atoms with Gasteiger partial charge >= 0.3 is 0 Å². The summed E-state index contributed by atoms with van der Waals surface area (Å²) in [5.74, 6) is 1.02. The molecule has 1 aliphatic heterocycles. The first-order valence-electron chi connectivity index (χ1n) is 7.84. The lowest BCUT2D eigenvalue weighted by atomic mass is 9.83. The van der Waals surface area contributed by atoms with Crippen LogP contribution in [0, 0.1) is 0 Å². The molecule has 0 aliphatic carbocycles. The van der Waals surface area contributed by atoms with Crippen LogP contribution in [0.2, 0.25) is 5.02 Å². The lowest BCUT2D eigenvalue weighted by Gasteiger charge is -2.44. The smallest absolute Gasteiger partial charge is 0.105 e. The Kier molecular flexibility index (Phi) is 5.27. The summed E-state index contributed by atoms with van der Waals surface area (Å²) in [4.78, 5) is 6.76. The number of hydrogen-bond donors (Lipinski definition) is 1. The summed E-state index contributed by atoms with van der Waals surface area (Å²) in [5, 5.41) is 0.782. The van der Waals surface area contributed by atoms with E-state index in [-0.39, 0.29) is 10.9 Å². The van der Waals surface area contributed by atoms with Gasteiger partial charge in [-0.05, 0) is 29.8 Å². The van der Waals surface area contributed by atoms with Crippen molar-refractivity contribution in [1.82, 2.24) is 9.88 Å². The predicted octanol–water partition coefficient (Wildman–Crippen LogP) is 3.53. The fraction of sp³-hybridized carbons (Fsp3) is 0.389. The number of benzene rings is 1. The maximum Gasteiger partial charge on any atom is 0.105 e. The van der Waals surface area contributed by atoms with Gasteiger partial charge in [0.15, 0.2) is 0 Å². The van der Waals surface area contributed by atoms with Gasteiger partial charge in [0, 0.05) is 47.6 Å². The van der Waals surface area contributed by atoms with E-state index in [1.807, 2.05) is 42.2 Å². The lowest BCUT2D eigenvalue weighted by Crippen LogP contribution is -2.53. The number of halogens is 1. The van der Waals surface area contributed by atoms with Crippen LogP contribution in [-0.2, 0) is 11.8 Å². The van der Waals surface area contributed by atoms with Crippen LogP contribution >= 0.6 is 23.4 Å². The number of rotatable bonds is 4. The first kappa shape index (κ1) is 16.8. The van der Waals surface area contributed by atoms with Gasteiger partial charge < -0.3 is 5.73 Å². The lowest BCUT2D eigenvalue weighted by molar-refractivity contribution is 0.203. The summed E-state index contributed by atoms with van der Waals surface area (Å²) in [5.41, 5.74) is 8.90. The van der Waals surface area contributed by atoms with Gasteiger partial charge in [-0.2, -0.15) is 0 Å². The molecular formula is C18H22ClN3S. The van der Waals surface area contributed by atoms with Crippen LogP contribution in [0.5, 0.6) is 0 Å². The molecule has 1 aliphatic rings. The van der Waals surface area contributed by atoms with E-state index >= 15 is 0 Å². The van der Waals surface area contributed by atoms with E-state index in [2.05, 4.69) is 35.0 Å².